The summed E-state index contributed by atoms with van der Waals surface area (Å²) >= 11 is 0. The minimum atomic E-state index is -3.18. The highest BCUT2D eigenvalue weighted by Gasteiger charge is 1.99. The van der Waals surface area contributed by atoms with Crippen LogP contribution in [0.3, 0.4) is 0 Å². The largest absolute Gasteiger partial charge is 0.353 e. The fourth-order valence-electron chi connectivity index (χ4n) is 0.814. The van der Waals surface area contributed by atoms with Crippen LogP contribution in [0.4, 0.5) is 10.3 Å². The van der Waals surface area contributed by atoms with Crippen LogP contribution in [0, 0.1) is 5.82 Å². The lowest BCUT2D eigenvalue weighted by Crippen LogP contribution is -2.27. The number of rotatable bonds is 5. The number of hydrogen-bond acceptors (Lipinski definition) is 5. The molecule has 1 heterocycles. The van der Waals surface area contributed by atoms with Crippen molar-refractivity contribution in [1.82, 2.24) is 14.7 Å². The van der Waals surface area contributed by atoms with E-state index in [-0.39, 0.29) is 12.5 Å². The molecule has 0 fully saturated rings. The molecular weight excluding hydrogens is 223 g/mol. The maximum atomic E-state index is 12.4. The van der Waals surface area contributed by atoms with E-state index in [0.717, 1.165) is 18.6 Å². The Kier molecular flexibility index (Phi) is 3.92. The molecule has 15 heavy (non-hydrogen) atoms. The van der Waals surface area contributed by atoms with E-state index < -0.39 is 15.8 Å². The molecule has 0 spiro atoms. The summed E-state index contributed by atoms with van der Waals surface area (Å²) in [5, 5.41) is 2.73. The van der Waals surface area contributed by atoms with Crippen LogP contribution in [0.2, 0.25) is 0 Å². The number of anilines is 1. The Morgan fingerprint density at radius 2 is 1.93 bits per heavy atom. The van der Waals surface area contributed by atoms with E-state index in [1.165, 1.54) is 0 Å². The van der Waals surface area contributed by atoms with Gasteiger partial charge in [-0.15, -0.1) is 0 Å². The van der Waals surface area contributed by atoms with Crippen molar-refractivity contribution in [3.63, 3.8) is 0 Å². The molecule has 0 saturated carbocycles. The Bertz CT molecular complexity index is 406. The summed E-state index contributed by atoms with van der Waals surface area (Å²) in [5.74, 6) is -0.262. The van der Waals surface area contributed by atoms with Gasteiger partial charge in [-0.3, -0.25) is 0 Å². The molecule has 2 N–H and O–H groups in total. The standard InChI is InChI=1S/C7H11FN4O2S/c1-15(13,14)12-3-2-9-7-10-4-6(8)5-11-7/h4-5,12H,2-3H2,1H3,(H,9,10,11). The van der Waals surface area contributed by atoms with E-state index in [2.05, 4.69) is 20.0 Å². The Balaban J connectivity index is 2.29. The second-order valence-corrected chi connectivity index (χ2v) is 4.65. The number of aromatic nitrogens is 2. The number of sulfonamides is 1. The van der Waals surface area contributed by atoms with Gasteiger partial charge in [0.2, 0.25) is 16.0 Å². The summed E-state index contributed by atoms with van der Waals surface area (Å²) in [5.41, 5.74) is 0. The first-order valence-corrected chi connectivity index (χ1v) is 6.02. The van der Waals surface area contributed by atoms with E-state index in [4.69, 9.17) is 0 Å². The van der Waals surface area contributed by atoms with Crippen molar-refractivity contribution in [3.8, 4) is 0 Å². The molecule has 8 heteroatoms. The summed E-state index contributed by atoms with van der Waals surface area (Å²) in [6.45, 7) is 0.554. The molecule has 0 aliphatic rings. The highest BCUT2D eigenvalue weighted by Crippen LogP contribution is 1.96. The van der Waals surface area contributed by atoms with Crippen LogP contribution < -0.4 is 10.0 Å². The van der Waals surface area contributed by atoms with Crippen LogP contribution in [0.25, 0.3) is 0 Å². The zero-order valence-electron chi connectivity index (χ0n) is 8.07. The molecule has 0 bridgehead atoms. The molecule has 0 radical (unpaired) electrons. The van der Waals surface area contributed by atoms with Crippen molar-refractivity contribution in [2.45, 2.75) is 0 Å². The lowest BCUT2D eigenvalue weighted by Gasteiger charge is -2.04. The van der Waals surface area contributed by atoms with Gasteiger partial charge in [-0.1, -0.05) is 0 Å². The molecule has 6 nitrogen and oxygen atoms in total. The third kappa shape index (κ3) is 5.23. The smallest absolute Gasteiger partial charge is 0.222 e. The average Bonchev–Trinajstić information content (AvgIpc) is 2.14. The van der Waals surface area contributed by atoms with Gasteiger partial charge in [-0.25, -0.2) is 27.5 Å². The summed E-state index contributed by atoms with van der Waals surface area (Å²) in [6, 6.07) is 0. The van der Waals surface area contributed by atoms with Gasteiger partial charge in [0, 0.05) is 13.1 Å². The van der Waals surface area contributed by atoms with E-state index >= 15 is 0 Å². The summed E-state index contributed by atoms with van der Waals surface area (Å²) in [7, 11) is -3.18. The van der Waals surface area contributed by atoms with Crippen molar-refractivity contribution >= 4 is 16.0 Å². The van der Waals surface area contributed by atoms with Gasteiger partial charge in [0.15, 0.2) is 5.82 Å². The van der Waals surface area contributed by atoms with Crippen molar-refractivity contribution in [3.05, 3.63) is 18.2 Å². The Hall–Kier alpha value is -1.28. The third-order valence-corrected chi connectivity index (χ3v) is 2.12. The first-order chi connectivity index (χ1) is 6.97. The number of nitrogens with one attached hydrogen (secondary N) is 2. The summed E-state index contributed by atoms with van der Waals surface area (Å²) in [4.78, 5) is 7.28. The molecular formula is C7H11FN4O2S. The topological polar surface area (TPSA) is 84.0 Å². The molecule has 0 aliphatic heterocycles. The molecule has 0 saturated heterocycles. The first kappa shape index (κ1) is 11.8. The fraction of sp³-hybridized carbons (Fsp3) is 0.429. The molecule has 0 unspecified atom stereocenters. The molecule has 84 valence electrons. The van der Waals surface area contributed by atoms with Crippen LogP contribution in [0.5, 0.6) is 0 Å². The SMILES string of the molecule is CS(=O)(=O)NCCNc1ncc(F)cn1. The second-order valence-electron chi connectivity index (χ2n) is 2.82. The van der Waals surface area contributed by atoms with E-state index in [1.807, 2.05) is 0 Å². The lowest BCUT2D eigenvalue weighted by atomic mass is 10.6. The van der Waals surface area contributed by atoms with Crippen molar-refractivity contribution in [2.75, 3.05) is 24.7 Å². The van der Waals surface area contributed by atoms with Crippen molar-refractivity contribution in [1.29, 1.82) is 0 Å². The average molecular weight is 234 g/mol. The molecule has 0 aliphatic carbocycles. The van der Waals surface area contributed by atoms with E-state index in [9.17, 15) is 12.8 Å². The second kappa shape index (κ2) is 4.99. The van der Waals surface area contributed by atoms with E-state index in [1.54, 1.807) is 0 Å². The lowest BCUT2D eigenvalue weighted by molar-refractivity contribution is 0.589. The molecule has 0 amide bonds. The number of hydrogen-bond donors (Lipinski definition) is 2. The Labute approximate surface area is 87.0 Å². The third-order valence-electron chi connectivity index (χ3n) is 1.39. The fourth-order valence-corrected chi connectivity index (χ4v) is 1.29. The van der Waals surface area contributed by atoms with Gasteiger partial charge in [-0.2, -0.15) is 0 Å². The summed E-state index contributed by atoms with van der Waals surface area (Å²) in [6.07, 6.45) is 3.13. The quantitative estimate of drug-likeness (QED) is 0.676. The zero-order chi connectivity index (χ0) is 11.3. The highest BCUT2D eigenvalue weighted by atomic mass is 32.2. The van der Waals surface area contributed by atoms with Crippen LogP contribution in [0.15, 0.2) is 12.4 Å². The monoisotopic (exact) mass is 234 g/mol. The minimum Gasteiger partial charge on any atom is -0.353 e. The van der Waals surface area contributed by atoms with Gasteiger partial charge in [0.1, 0.15) is 0 Å². The Morgan fingerprint density at radius 3 is 2.47 bits per heavy atom. The van der Waals surface area contributed by atoms with Crippen LogP contribution in [-0.4, -0.2) is 37.7 Å². The molecule has 1 aromatic rings. The van der Waals surface area contributed by atoms with Gasteiger partial charge < -0.3 is 5.32 Å². The number of nitrogens with zero attached hydrogens (tertiary/aromatic N) is 2. The molecule has 0 atom stereocenters. The van der Waals surface area contributed by atoms with Crippen LogP contribution in [0.1, 0.15) is 0 Å². The summed E-state index contributed by atoms with van der Waals surface area (Å²) < 4.78 is 36.0. The van der Waals surface area contributed by atoms with Crippen LogP contribution in [-0.2, 0) is 10.0 Å². The zero-order valence-corrected chi connectivity index (χ0v) is 8.88. The predicted molar refractivity (Wildman–Crippen MR) is 53.3 cm³/mol. The normalized spacial score (nSPS) is 11.3. The van der Waals surface area contributed by atoms with Crippen molar-refractivity contribution < 1.29 is 12.8 Å². The maximum absolute atomic E-state index is 12.4. The van der Waals surface area contributed by atoms with E-state index in [0.29, 0.717) is 6.54 Å². The molecule has 1 rings (SSSR count). The van der Waals surface area contributed by atoms with Gasteiger partial charge in [-0.05, 0) is 0 Å². The maximum Gasteiger partial charge on any atom is 0.222 e. The predicted octanol–water partition coefficient (Wildman–Crippen LogP) is -0.423. The van der Waals surface area contributed by atoms with Crippen LogP contribution >= 0.6 is 0 Å². The number of halogens is 1. The molecule has 1 aromatic heterocycles. The van der Waals surface area contributed by atoms with Gasteiger partial charge >= 0.3 is 0 Å². The van der Waals surface area contributed by atoms with Gasteiger partial charge in [0.25, 0.3) is 0 Å². The Morgan fingerprint density at radius 1 is 1.33 bits per heavy atom. The minimum absolute atomic E-state index is 0.222. The highest BCUT2D eigenvalue weighted by molar-refractivity contribution is 7.88. The van der Waals surface area contributed by atoms with Gasteiger partial charge in [0.05, 0.1) is 18.6 Å². The van der Waals surface area contributed by atoms with Crippen molar-refractivity contribution in [2.24, 2.45) is 0 Å². The molecule has 0 aromatic carbocycles. The first-order valence-electron chi connectivity index (χ1n) is 4.13.